The van der Waals surface area contributed by atoms with E-state index in [0.717, 1.165) is 32.2 Å². The van der Waals surface area contributed by atoms with Crippen molar-refractivity contribution in [3.05, 3.63) is 35.9 Å². The van der Waals surface area contributed by atoms with E-state index in [-0.39, 0.29) is 17.9 Å². The Morgan fingerprint density at radius 1 is 1.37 bits per heavy atom. The minimum Gasteiger partial charge on any atom is -0.355 e. The third kappa shape index (κ3) is 3.80. The summed E-state index contributed by atoms with van der Waals surface area (Å²) in [6, 6.07) is 10.6. The standard InChI is InChI=1S/C16H24N2O/c1-2-12(13-6-4-3-5-7-13)11-18-16(19)14-8-9-15(17)10-14/h3-7,12,14-15H,2,8-11,17H2,1H3,(H,18,19). The van der Waals surface area contributed by atoms with Crippen LogP contribution in [0, 0.1) is 5.92 Å². The minimum absolute atomic E-state index is 0.128. The summed E-state index contributed by atoms with van der Waals surface area (Å²) in [4.78, 5) is 12.1. The quantitative estimate of drug-likeness (QED) is 0.854. The highest BCUT2D eigenvalue weighted by molar-refractivity contribution is 5.79. The molecule has 1 saturated carbocycles. The topological polar surface area (TPSA) is 55.1 Å². The predicted octanol–water partition coefficient (Wildman–Crippen LogP) is 2.42. The first kappa shape index (κ1) is 14.1. The highest BCUT2D eigenvalue weighted by Crippen LogP contribution is 2.24. The molecule has 1 amide bonds. The van der Waals surface area contributed by atoms with Crippen molar-refractivity contribution in [2.75, 3.05) is 6.54 Å². The molecule has 0 heterocycles. The molecule has 0 bridgehead atoms. The molecular weight excluding hydrogens is 236 g/mol. The summed E-state index contributed by atoms with van der Waals surface area (Å²) in [7, 11) is 0. The van der Waals surface area contributed by atoms with E-state index in [4.69, 9.17) is 5.73 Å². The van der Waals surface area contributed by atoms with Gasteiger partial charge in [0.15, 0.2) is 0 Å². The van der Waals surface area contributed by atoms with Gasteiger partial charge in [-0.3, -0.25) is 4.79 Å². The van der Waals surface area contributed by atoms with Gasteiger partial charge in [0.05, 0.1) is 0 Å². The Balaban J connectivity index is 1.85. The summed E-state index contributed by atoms with van der Waals surface area (Å²) in [5.41, 5.74) is 7.16. The molecule has 3 atom stereocenters. The largest absolute Gasteiger partial charge is 0.355 e. The molecule has 0 aromatic heterocycles. The van der Waals surface area contributed by atoms with Gasteiger partial charge in [-0.1, -0.05) is 37.3 Å². The molecule has 3 N–H and O–H groups in total. The number of hydrogen-bond donors (Lipinski definition) is 2. The van der Waals surface area contributed by atoms with Crippen molar-refractivity contribution in [3.63, 3.8) is 0 Å². The van der Waals surface area contributed by atoms with Gasteiger partial charge in [0.25, 0.3) is 0 Å². The van der Waals surface area contributed by atoms with Crippen molar-refractivity contribution in [2.24, 2.45) is 11.7 Å². The molecule has 1 fully saturated rings. The Kier molecular flexibility index (Phi) is 4.97. The SMILES string of the molecule is CCC(CNC(=O)C1CCC(N)C1)c1ccccc1. The van der Waals surface area contributed by atoms with Crippen LogP contribution in [0.2, 0.25) is 0 Å². The van der Waals surface area contributed by atoms with E-state index in [1.165, 1.54) is 5.56 Å². The lowest BCUT2D eigenvalue weighted by Gasteiger charge is -2.18. The van der Waals surface area contributed by atoms with Gasteiger partial charge in [0, 0.05) is 24.4 Å². The maximum Gasteiger partial charge on any atom is 0.223 e. The fraction of sp³-hybridized carbons (Fsp3) is 0.562. The summed E-state index contributed by atoms with van der Waals surface area (Å²) in [6.07, 6.45) is 3.80. The summed E-state index contributed by atoms with van der Waals surface area (Å²) < 4.78 is 0. The fourth-order valence-electron chi connectivity index (χ4n) is 2.85. The zero-order valence-electron chi connectivity index (χ0n) is 11.6. The van der Waals surface area contributed by atoms with Gasteiger partial charge in [-0.25, -0.2) is 0 Å². The Morgan fingerprint density at radius 2 is 2.11 bits per heavy atom. The third-order valence-corrected chi connectivity index (χ3v) is 4.13. The van der Waals surface area contributed by atoms with Crippen molar-refractivity contribution in [1.82, 2.24) is 5.32 Å². The number of amides is 1. The van der Waals surface area contributed by atoms with Crippen LogP contribution < -0.4 is 11.1 Å². The highest BCUT2D eigenvalue weighted by atomic mass is 16.1. The zero-order valence-corrected chi connectivity index (χ0v) is 11.6. The van der Waals surface area contributed by atoms with E-state index in [9.17, 15) is 4.79 Å². The number of carbonyl (C=O) groups excluding carboxylic acids is 1. The van der Waals surface area contributed by atoms with Crippen LogP contribution in [0.1, 0.15) is 44.1 Å². The normalized spacial score (nSPS) is 24.1. The summed E-state index contributed by atoms with van der Waals surface area (Å²) in [5, 5.41) is 3.10. The molecule has 0 radical (unpaired) electrons. The van der Waals surface area contributed by atoms with Crippen LogP contribution in [-0.2, 0) is 4.79 Å². The number of rotatable bonds is 5. The van der Waals surface area contributed by atoms with Gasteiger partial charge in [-0.05, 0) is 31.2 Å². The lowest BCUT2D eigenvalue weighted by molar-refractivity contribution is -0.124. The second kappa shape index (κ2) is 6.71. The molecule has 1 aliphatic rings. The van der Waals surface area contributed by atoms with Gasteiger partial charge >= 0.3 is 0 Å². The first-order valence-corrected chi connectivity index (χ1v) is 7.29. The summed E-state index contributed by atoms with van der Waals surface area (Å²) in [6.45, 7) is 2.89. The summed E-state index contributed by atoms with van der Waals surface area (Å²) >= 11 is 0. The Bertz CT molecular complexity index is 404. The van der Waals surface area contributed by atoms with Gasteiger partial charge in [-0.15, -0.1) is 0 Å². The maximum absolute atomic E-state index is 12.1. The number of nitrogens with two attached hydrogens (primary N) is 1. The van der Waals surface area contributed by atoms with Gasteiger partial charge in [-0.2, -0.15) is 0 Å². The lowest BCUT2D eigenvalue weighted by Crippen LogP contribution is -2.33. The van der Waals surface area contributed by atoms with E-state index >= 15 is 0 Å². The molecule has 0 aliphatic heterocycles. The van der Waals surface area contributed by atoms with Crippen molar-refractivity contribution in [2.45, 2.75) is 44.6 Å². The van der Waals surface area contributed by atoms with Crippen LogP contribution in [0.25, 0.3) is 0 Å². The molecule has 1 aromatic rings. The molecular formula is C16H24N2O. The number of carbonyl (C=O) groups is 1. The van der Waals surface area contributed by atoms with E-state index < -0.39 is 0 Å². The molecule has 0 saturated heterocycles. The highest BCUT2D eigenvalue weighted by Gasteiger charge is 2.27. The van der Waals surface area contributed by atoms with Crippen LogP contribution in [0.15, 0.2) is 30.3 Å². The van der Waals surface area contributed by atoms with Crippen LogP contribution in [-0.4, -0.2) is 18.5 Å². The predicted molar refractivity (Wildman–Crippen MR) is 77.8 cm³/mol. The van der Waals surface area contributed by atoms with E-state index in [2.05, 4.69) is 36.5 Å². The average molecular weight is 260 g/mol. The monoisotopic (exact) mass is 260 g/mol. The van der Waals surface area contributed by atoms with Crippen molar-refractivity contribution in [3.8, 4) is 0 Å². The van der Waals surface area contributed by atoms with Crippen molar-refractivity contribution in [1.29, 1.82) is 0 Å². The van der Waals surface area contributed by atoms with Crippen LogP contribution >= 0.6 is 0 Å². The van der Waals surface area contributed by atoms with Crippen LogP contribution in [0.5, 0.6) is 0 Å². The van der Waals surface area contributed by atoms with E-state index in [1.54, 1.807) is 0 Å². The molecule has 3 heteroatoms. The van der Waals surface area contributed by atoms with Crippen molar-refractivity contribution >= 4 is 5.91 Å². The second-order valence-electron chi connectivity index (χ2n) is 5.53. The molecule has 0 spiro atoms. The van der Waals surface area contributed by atoms with Crippen LogP contribution in [0.3, 0.4) is 0 Å². The molecule has 2 rings (SSSR count). The second-order valence-corrected chi connectivity index (χ2v) is 5.53. The molecule has 104 valence electrons. The minimum atomic E-state index is 0.128. The molecule has 1 aromatic carbocycles. The van der Waals surface area contributed by atoms with Crippen molar-refractivity contribution < 1.29 is 4.79 Å². The van der Waals surface area contributed by atoms with E-state index in [1.807, 2.05) is 6.07 Å². The fourth-order valence-corrected chi connectivity index (χ4v) is 2.85. The van der Waals surface area contributed by atoms with Crippen LogP contribution in [0.4, 0.5) is 0 Å². The van der Waals surface area contributed by atoms with Gasteiger partial charge < -0.3 is 11.1 Å². The Labute approximate surface area is 115 Å². The lowest BCUT2D eigenvalue weighted by atomic mass is 9.96. The third-order valence-electron chi connectivity index (χ3n) is 4.13. The molecule has 1 aliphatic carbocycles. The molecule has 3 nitrogen and oxygen atoms in total. The smallest absolute Gasteiger partial charge is 0.223 e. The molecule has 3 unspecified atom stereocenters. The first-order chi connectivity index (χ1) is 9.20. The Morgan fingerprint density at radius 3 is 2.68 bits per heavy atom. The van der Waals surface area contributed by atoms with E-state index in [0.29, 0.717) is 5.92 Å². The zero-order chi connectivity index (χ0) is 13.7. The number of benzene rings is 1. The Hall–Kier alpha value is -1.35. The first-order valence-electron chi connectivity index (χ1n) is 7.29. The average Bonchev–Trinajstić information content (AvgIpc) is 2.87. The number of nitrogens with one attached hydrogen (secondary N) is 1. The number of hydrogen-bond acceptors (Lipinski definition) is 2. The van der Waals surface area contributed by atoms with Gasteiger partial charge in [0.1, 0.15) is 0 Å². The maximum atomic E-state index is 12.1. The molecule has 19 heavy (non-hydrogen) atoms. The summed E-state index contributed by atoms with van der Waals surface area (Å²) in [5.74, 6) is 0.714. The van der Waals surface area contributed by atoms with Gasteiger partial charge in [0.2, 0.25) is 5.91 Å².